The second-order valence-electron chi connectivity index (χ2n) is 5.00. The van der Waals surface area contributed by atoms with E-state index < -0.39 is 0 Å². The predicted octanol–water partition coefficient (Wildman–Crippen LogP) is 2.84. The fourth-order valence-corrected chi connectivity index (χ4v) is 2.22. The molecule has 0 spiro atoms. The smallest absolute Gasteiger partial charge is 0.251 e. The molecule has 0 aliphatic carbocycles. The largest absolute Gasteiger partial charge is 0.352 e. The van der Waals surface area contributed by atoms with Crippen molar-refractivity contribution in [1.29, 1.82) is 0 Å². The van der Waals surface area contributed by atoms with Crippen LogP contribution in [0.5, 0.6) is 0 Å². The van der Waals surface area contributed by atoms with E-state index in [1.807, 2.05) is 77.7 Å². The number of carbonyl (C=O) groups excluding carboxylic acids is 1. The number of rotatable bonds is 5. The van der Waals surface area contributed by atoms with Crippen molar-refractivity contribution in [3.05, 3.63) is 84.2 Å². The minimum atomic E-state index is -0.0453. The van der Waals surface area contributed by atoms with Crippen molar-refractivity contribution < 1.29 is 4.79 Å². The predicted molar refractivity (Wildman–Crippen MR) is 86.0 cm³/mol. The number of amides is 1. The van der Waals surface area contributed by atoms with E-state index in [-0.39, 0.29) is 5.91 Å². The topological polar surface area (TPSA) is 46.9 Å². The summed E-state index contributed by atoms with van der Waals surface area (Å²) in [5.41, 5.74) is 2.81. The number of hydrogen-bond donors (Lipinski definition) is 1. The molecule has 2 aromatic carbocycles. The van der Waals surface area contributed by atoms with Crippen LogP contribution >= 0.6 is 0 Å². The van der Waals surface area contributed by atoms with Crippen molar-refractivity contribution in [2.24, 2.45) is 0 Å². The molecule has 0 saturated heterocycles. The van der Waals surface area contributed by atoms with Gasteiger partial charge in [-0.05, 0) is 36.2 Å². The van der Waals surface area contributed by atoms with Crippen LogP contribution in [0.4, 0.5) is 0 Å². The van der Waals surface area contributed by atoms with Gasteiger partial charge in [0.05, 0.1) is 11.9 Å². The molecule has 110 valence electrons. The molecule has 0 saturated carbocycles. The molecule has 0 atom stereocenters. The van der Waals surface area contributed by atoms with Gasteiger partial charge in [-0.15, -0.1) is 0 Å². The lowest BCUT2D eigenvalue weighted by molar-refractivity contribution is 0.0954. The maximum absolute atomic E-state index is 11.9. The van der Waals surface area contributed by atoms with E-state index >= 15 is 0 Å². The van der Waals surface area contributed by atoms with Gasteiger partial charge >= 0.3 is 0 Å². The van der Waals surface area contributed by atoms with Gasteiger partial charge in [0.2, 0.25) is 0 Å². The summed E-state index contributed by atoms with van der Waals surface area (Å²) in [4.78, 5) is 11.9. The number of carbonyl (C=O) groups is 1. The molecule has 4 heteroatoms. The zero-order valence-corrected chi connectivity index (χ0v) is 12.1. The van der Waals surface area contributed by atoms with Gasteiger partial charge in [-0.3, -0.25) is 4.79 Å². The summed E-state index contributed by atoms with van der Waals surface area (Å²) in [5.74, 6) is -0.0453. The molecule has 1 amide bonds. The van der Waals surface area contributed by atoms with Crippen LogP contribution in [0.15, 0.2) is 73.1 Å². The second kappa shape index (κ2) is 6.72. The molecule has 0 radical (unpaired) electrons. The van der Waals surface area contributed by atoms with Crippen LogP contribution in [0, 0.1) is 0 Å². The summed E-state index contributed by atoms with van der Waals surface area (Å²) in [7, 11) is 0. The highest BCUT2D eigenvalue weighted by Crippen LogP contribution is 2.07. The third kappa shape index (κ3) is 3.41. The lowest BCUT2D eigenvalue weighted by atomic mass is 10.2. The highest BCUT2D eigenvalue weighted by Gasteiger charge is 2.04. The second-order valence-corrected chi connectivity index (χ2v) is 5.00. The summed E-state index contributed by atoms with van der Waals surface area (Å²) < 4.78 is 1.84. The molecule has 0 unspecified atom stereocenters. The Morgan fingerprint density at radius 3 is 2.41 bits per heavy atom. The quantitative estimate of drug-likeness (QED) is 0.785. The van der Waals surface area contributed by atoms with E-state index in [1.54, 1.807) is 0 Å². The highest BCUT2D eigenvalue weighted by molar-refractivity contribution is 5.94. The summed E-state index contributed by atoms with van der Waals surface area (Å²) in [6, 6.07) is 19.2. The Balaban J connectivity index is 1.55. The first kappa shape index (κ1) is 14.1. The van der Waals surface area contributed by atoms with Crippen LogP contribution in [0.25, 0.3) is 5.69 Å². The molecular formula is C18H17N3O. The number of para-hydroxylation sites is 1. The fraction of sp³-hybridized carbons (Fsp3) is 0.111. The zero-order valence-electron chi connectivity index (χ0n) is 12.1. The van der Waals surface area contributed by atoms with Gasteiger partial charge < -0.3 is 5.32 Å². The van der Waals surface area contributed by atoms with E-state index in [9.17, 15) is 4.79 Å². The summed E-state index contributed by atoms with van der Waals surface area (Å²) >= 11 is 0. The molecule has 22 heavy (non-hydrogen) atoms. The average Bonchev–Trinajstić information content (AvgIpc) is 3.05. The molecule has 0 aliphatic heterocycles. The monoisotopic (exact) mass is 291 g/mol. The van der Waals surface area contributed by atoms with E-state index in [2.05, 4.69) is 10.4 Å². The van der Waals surface area contributed by atoms with E-state index in [1.165, 1.54) is 0 Å². The van der Waals surface area contributed by atoms with Crippen LogP contribution in [-0.4, -0.2) is 22.2 Å². The molecule has 1 N–H and O–H groups in total. The van der Waals surface area contributed by atoms with Gasteiger partial charge in [-0.25, -0.2) is 4.68 Å². The van der Waals surface area contributed by atoms with Crippen LogP contribution in [-0.2, 0) is 6.42 Å². The van der Waals surface area contributed by atoms with Crippen LogP contribution in [0.2, 0.25) is 0 Å². The lowest BCUT2D eigenvalue weighted by Crippen LogP contribution is -2.25. The number of benzene rings is 2. The molecule has 0 aliphatic rings. The molecule has 3 aromatic rings. The Hall–Kier alpha value is -2.88. The van der Waals surface area contributed by atoms with Gasteiger partial charge in [0.25, 0.3) is 5.91 Å². The first-order valence-corrected chi connectivity index (χ1v) is 7.25. The molecule has 1 aromatic heterocycles. The summed E-state index contributed by atoms with van der Waals surface area (Å²) in [6.07, 6.45) is 4.58. The summed E-state index contributed by atoms with van der Waals surface area (Å²) in [6.45, 7) is 0.591. The SMILES string of the molecule is O=C(NCCc1cnn(-c2ccccc2)c1)c1ccccc1. The van der Waals surface area contributed by atoms with Crippen molar-refractivity contribution in [3.8, 4) is 5.69 Å². The third-order valence-corrected chi connectivity index (χ3v) is 3.39. The Labute approximate surface area is 129 Å². The number of aromatic nitrogens is 2. The first-order chi connectivity index (χ1) is 10.8. The Bertz CT molecular complexity index is 735. The van der Waals surface area contributed by atoms with Gasteiger partial charge in [0.1, 0.15) is 0 Å². The first-order valence-electron chi connectivity index (χ1n) is 7.25. The Morgan fingerprint density at radius 1 is 1.00 bits per heavy atom. The molecule has 4 nitrogen and oxygen atoms in total. The van der Waals surface area contributed by atoms with Gasteiger partial charge in [-0.2, -0.15) is 5.10 Å². The summed E-state index contributed by atoms with van der Waals surface area (Å²) in [5, 5.41) is 7.27. The zero-order chi connectivity index (χ0) is 15.2. The normalized spacial score (nSPS) is 10.4. The Morgan fingerprint density at radius 2 is 1.68 bits per heavy atom. The minimum absolute atomic E-state index is 0.0453. The third-order valence-electron chi connectivity index (χ3n) is 3.39. The van der Waals surface area contributed by atoms with Crippen LogP contribution in [0.1, 0.15) is 15.9 Å². The maximum atomic E-state index is 11.9. The van der Waals surface area contributed by atoms with Crippen molar-refractivity contribution in [2.45, 2.75) is 6.42 Å². The number of hydrogen-bond acceptors (Lipinski definition) is 2. The fourth-order valence-electron chi connectivity index (χ4n) is 2.22. The molecule has 1 heterocycles. The molecular weight excluding hydrogens is 274 g/mol. The van der Waals surface area contributed by atoms with Gasteiger partial charge in [0.15, 0.2) is 0 Å². The maximum Gasteiger partial charge on any atom is 0.251 e. The molecule has 0 bridgehead atoms. The van der Waals surface area contributed by atoms with Crippen molar-refractivity contribution >= 4 is 5.91 Å². The van der Waals surface area contributed by atoms with Crippen LogP contribution in [0.3, 0.4) is 0 Å². The molecule has 3 rings (SSSR count). The van der Waals surface area contributed by atoms with E-state index in [0.717, 1.165) is 17.7 Å². The van der Waals surface area contributed by atoms with Crippen molar-refractivity contribution in [2.75, 3.05) is 6.54 Å². The van der Waals surface area contributed by atoms with Crippen molar-refractivity contribution in [3.63, 3.8) is 0 Å². The van der Waals surface area contributed by atoms with E-state index in [0.29, 0.717) is 12.1 Å². The highest BCUT2D eigenvalue weighted by atomic mass is 16.1. The van der Waals surface area contributed by atoms with Gasteiger partial charge in [0, 0.05) is 18.3 Å². The lowest BCUT2D eigenvalue weighted by Gasteiger charge is -2.04. The average molecular weight is 291 g/mol. The van der Waals surface area contributed by atoms with Crippen molar-refractivity contribution in [1.82, 2.24) is 15.1 Å². The minimum Gasteiger partial charge on any atom is -0.352 e. The standard InChI is InChI=1S/C18H17N3O/c22-18(16-7-3-1-4-8-16)19-12-11-15-13-20-21(14-15)17-9-5-2-6-10-17/h1-10,13-14H,11-12H2,(H,19,22). The van der Waals surface area contributed by atoms with E-state index in [4.69, 9.17) is 0 Å². The van der Waals surface area contributed by atoms with Crippen LogP contribution < -0.4 is 5.32 Å². The Kier molecular flexibility index (Phi) is 4.30. The molecule has 0 fully saturated rings. The number of nitrogens with zero attached hydrogens (tertiary/aromatic N) is 2. The van der Waals surface area contributed by atoms with Gasteiger partial charge in [-0.1, -0.05) is 36.4 Å². The number of nitrogens with one attached hydrogen (secondary N) is 1.